The Labute approximate surface area is 162 Å². The fourth-order valence-electron chi connectivity index (χ4n) is 4.18. The maximum Gasteiger partial charge on any atom is 0.251 e. The third-order valence-corrected chi connectivity index (χ3v) is 7.72. The predicted molar refractivity (Wildman–Crippen MR) is 105 cm³/mol. The molecule has 1 saturated carbocycles. The molecule has 0 aromatic heterocycles. The Bertz CT molecular complexity index is 772. The first-order valence-corrected chi connectivity index (χ1v) is 11.4. The highest BCUT2D eigenvalue weighted by Crippen LogP contribution is 2.32. The van der Waals surface area contributed by atoms with Crippen molar-refractivity contribution in [2.45, 2.75) is 75.3 Å². The van der Waals surface area contributed by atoms with Crippen molar-refractivity contribution in [2.24, 2.45) is 0 Å². The number of benzene rings is 1. The Morgan fingerprint density at radius 1 is 1.19 bits per heavy atom. The zero-order valence-corrected chi connectivity index (χ0v) is 17.1. The van der Waals surface area contributed by atoms with E-state index >= 15 is 0 Å². The van der Waals surface area contributed by atoms with Crippen LogP contribution in [0.15, 0.2) is 23.1 Å². The lowest BCUT2D eigenvalue weighted by atomic mass is 10.0. The fraction of sp³-hybridized carbons (Fsp3) is 0.650. The number of hydrogen-bond donors (Lipinski definition) is 1. The molecule has 1 atom stereocenters. The van der Waals surface area contributed by atoms with Crippen LogP contribution in [0.1, 0.15) is 68.6 Å². The number of piperidine rings is 1. The Balaban J connectivity index is 1.91. The van der Waals surface area contributed by atoms with Crippen LogP contribution in [0.4, 0.5) is 0 Å². The Hall–Kier alpha value is -1.60. The number of nitrogens with zero attached hydrogens (tertiary/aromatic N) is 1. The average molecular weight is 395 g/mol. The van der Waals surface area contributed by atoms with Gasteiger partial charge in [0, 0.05) is 24.2 Å². The van der Waals surface area contributed by atoms with Crippen LogP contribution in [0.25, 0.3) is 0 Å². The first-order valence-electron chi connectivity index (χ1n) is 9.98. The highest BCUT2D eigenvalue weighted by Gasteiger charge is 2.35. The summed E-state index contributed by atoms with van der Waals surface area (Å²) in [4.78, 5) is 12.7. The van der Waals surface area contributed by atoms with Crippen molar-refractivity contribution in [3.63, 3.8) is 0 Å². The first-order chi connectivity index (χ1) is 13.0. The van der Waals surface area contributed by atoms with Crippen molar-refractivity contribution < 1.29 is 17.9 Å². The molecule has 150 valence electrons. The van der Waals surface area contributed by atoms with E-state index in [1.807, 2.05) is 6.92 Å². The van der Waals surface area contributed by atoms with Gasteiger partial charge in [0.25, 0.3) is 5.91 Å². The summed E-state index contributed by atoms with van der Waals surface area (Å²) >= 11 is 0. The number of methoxy groups -OCH3 is 1. The number of amides is 1. The third-order valence-electron chi connectivity index (χ3n) is 5.75. The van der Waals surface area contributed by atoms with Crippen molar-refractivity contribution in [1.82, 2.24) is 9.62 Å². The van der Waals surface area contributed by atoms with Crippen LogP contribution < -0.4 is 10.1 Å². The smallest absolute Gasteiger partial charge is 0.251 e. The van der Waals surface area contributed by atoms with Crippen LogP contribution >= 0.6 is 0 Å². The summed E-state index contributed by atoms with van der Waals surface area (Å²) in [5, 5.41) is 3.02. The van der Waals surface area contributed by atoms with Crippen molar-refractivity contribution >= 4 is 15.9 Å². The second-order valence-electron chi connectivity index (χ2n) is 7.49. The van der Waals surface area contributed by atoms with E-state index in [1.165, 1.54) is 13.2 Å². The molecule has 0 unspecified atom stereocenters. The molecule has 1 saturated heterocycles. The summed E-state index contributed by atoms with van der Waals surface area (Å²) in [5.74, 6) is 0.0690. The molecular weight excluding hydrogens is 364 g/mol. The molecule has 0 radical (unpaired) electrons. The largest absolute Gasteiger partial charge is 0.495 e. The van der Waals surface area contributed by atoms with Gasteiger partial charge in [-0.1, -0.05) is 26.2 Å². The van der Waals surface area contributed by atoms with Crippen LogP contribution in [-0.2, 0) is 10.0 Å². The molecule has 1 aliphatic heterocycles. The number of carbonyl (C=O) groups excluding carboxylic acids is 1. The van der Waals surface area contributed by atoms with Gasteiger partial charge in [0.15, 0.2) is 0 Å². The number of carbonyl (C=O) groups is 1. The first kappa shape index (κ1) is 20.1. The zero-order chi connectivity index (χ0) is 19.4. The molecule has 1 aromatic rings. The summed E-state index contributed by atoms with van der Waals surface area (Å²) in [6.07, 6.45) is 7.79. The lowest BCUT2D eigenvalue weighted by Crippen LogP contribution is -2.43. The van der Waals surface area contributed by atoms with Gasteiger partial charge in [0.2, 0.25) is 10.0 Å². The molecule has 0 bridgehead atoms. The average Bonchev–Trinajstić information content (AvgIpc) is 3.20. The molecule has 1 aromatic carbocycles. The molecule has 7 heteroatoms. The molecule has 1 aliphatic carbocycles. The van der Waals surface area contributed by atoms with E-state index in [2.05, 4.69) is 5.32 Å². The lowest BCUT2D eigenvalue weighted by molar-refractivity contribution is 0.0937. The van der Waals surface area contributed by atoms with Gasteiger partial charge in [-0.15, -0.1) is 0 Å². The monoisotopic (exact) mass is 394 g/mol. The zero-order valence-electron chi connectivity index (χ0n) is 16.2. The van der Waals surface area contributed by atoms with E-state index in [1.54, 1.807) is 16.4 Å². The van der Waals surface area contributed by atoms with Crippen LogP contribution in [0.2, 0.25) is 0 Å². The van der Waals surface area contributed by atoms with Crippen molar-refractivity contribution in [1.29, 1.82) is 0 Å². The summed E-state index contributed by atoms with van der Waals surface area (Å²) < 4.78 is 33.7. The molecule has 27 heavy (non-hydrogen) atoms. The minimum absolute atomic E-state index is 0.00410. The van der Waals surface area contributed by atoms with E-state index in [9.17, 15) is 13.2 Å². The van der Waals surface area contributed by atoms with Gasteiger partial charge in [0.1, 0.15) is 10.6 Å². The molecule has 1 amide bonds. The number of sulfonamides is 1. The SMILES string of the molecule is CC[C@H]1CCCCN1S(=O)(=O)c1cc(C(=O)NC2CCCC2)ccc1OC. The third kappa shape index (κ3) is 4.29. The molecule has 6 nitrogen and oxygen atoms in total. The lowest BCUT2D eigenvalue weighted by Gasteiger charge is -2.34. The second-order valence-corrected chi connectivity index (χ2v) is 9.35. The van der Waals surface area contributed by atoms with E-state index in [4.69, 9.17) is 4.74 Å². The van der Waals surface area contributed by atoms with Crippen molar-refractivity contribution in [3.05, 3.63) is 23.8 Å². The van der Waals surface area contributed by atoms with Crippen LogP contribution in [0.5, 0.6) is 5.75 Å². The molecule has 2 aliphatic rings. The summed E-state index contributed by atoms with van der Waals surface area (Å²) in [7, 11) is -2.26. The molecule has 0 spiro atoms. The number of rotatable bonds is 6. The van der Waals surface area contributed by atoms with Gasteiger partial charge in [-0.3, -0.25) is 4.79 Å². The Morgan fingerprint density at radius 2 is 1.89 bits per heavy atom. The maximum absolute atomic E-state index is 13.4. The highest BCUT2D eigenvalue weighted by molar-refractivity contribution is 7.89. The van der Waals surface area contributed by atoms with Gasteiger partial charge >= 0.3 is 0 Å². The molecule has 1 heterocycles. The standard InChI is InChI=1S/C20H30N2O4S/c1-3-17-10-6-7-13-22(17)27(24,25)19-14-15(11-12-18(19)26-2)20(23)21-16-8-4-5-9-16/h11-12,14,16-17H,3-10,13H2,1-2H3,(H,21,23)/t17-/m0/s1. The summed E-state index contributed by atoms with van der Waals surface area (Å²) in [6, 6.07) is 4.88. The van der Waals surface area contributed by atoms with E-state index in [-0.39, 0.29) is 28.6 Å². The Morgan fingerprint density at radius 3 is 2.56 bits per heavy atom. The topological polar surface area (TPSA) is 75.7 Å². The van der Waals surface area contributed by atoms with E-state index in [0.717, 1.165) is 51.4 Å². The number of nitrogens with one attached hydrogen (secondary N) is 1. The number of hydrogen-bond acceptors (Lipinski definition) is 4. The minimum Gasteiger partial charge on any atom is -0.495 e. The molecule has 1 N–H and O–H groups in total. The molecule has 2 fully saturated rings. The normalized spacial score (nSPS) is 21.9. The van der Waals surface area contributed by atoms with Crippen LogP contribution in [0.3, 0.4) is 0 Å². The van der Waals surface area contributed by atoms with Gasteiger partial charge in [-0.2, -0.15) is 4.31 Å². The maximum atomic E-state index is 13.4. The number of ether oxygens (including phenoxy) is 1. The van der Waals surface area contributed by atoms with E-state index < -0.39 is 10.0 Å². The van der Waals surface area contributed by atoms with Crippen molar-refractivity contribution in [3.8, 4) is 5.75 Å². The molecule has 3 rings (SSSR count). The minimum atomic E-state index is -3.72. The van der Waals surface area contributed by atoms with Gasteiger partial charge in [0.05, 0.1) is 7.11 Å². The van der Waals surface area contributed by atoms with E-state index in [0.29, 0.717) is 12.1 Å². The quantitative estimate of drug-likeness (QED) is 0.803. The van der Waals surface area contributed by atoms with Gasteiger partial charge in [-0.05, 0) is 50.3 Å². The highest BCUT2D eigenvalue weighted by atomic mass is 32.2. The van der Waals surface area contributed by atoms with Crippen LogP contribution in [-0.4, -0.2) is 44.4 Å². The molecular formula is C20H30N2O4S. The van der Waals surface area contributed by atoms with Crippen molar-refractivity contribution in [2.75, 3.05) is 13.7 Å². The van der Waals surface area contributed by atoms with Gasteiger partial charge < -0.3 is 10.1 Å². The second kappa shape index (κ2) is 8.61. The summed E-state index contributed by atoms with van der Waals surface area (Å²) in [6.45, 7) is 2.53. The predicted octanol–water partition coefficient (Wildman–Crippen LogP) is 3.32. The summed E-state index contributed by atoms with van der Waals surface area (Å²) in [5.41, 5.74) is 0.367. The fourth-order valence-corrected chi connectivity index (χ4v) is 6.13. The Kier molecular flexibility index (Phi) is 6.42. The van der Waals surface area contributed by atoms with Crippen LogP contribution in [0, 0.1) is 0 Å². The van der Waals surface area contributed by atoms with Gasteiger partial charge in [-0.25, -0.2) is 8.42 Å².